The number of aromatic nitrogens is 1. The maximum absolute atomic E-state index is 12.1. The van der Waals surface area contributed by atoms with E-state index in [9.17, 15) is 19.7 Å². The Hall–Kier alpha value is -1.51. The van der Waals surface area contributed by atoms with Crippen LogP contribution in [0.15, 0.2) is 27.6 Å². The quantitative estimate of drug-likeness (QED) is 0.454. The van der Waals surface area contributed by atoms with Gasteiger partial charge < -0.3 is 0 Å². The molecule has 0 amide bonds. The molecule has 21 heavy (non-hydrogen) atoms. The molecule has 0 saturated heterocycles. The van der Waals surface area contributed by atoms with Crippen molar-refractivity contribution in [3.63, 3.8) is 0 Å². The standard InChI is InChI=1S/C12H8BrClN2O4S/c1-6-7(16(19)20)4-15(12(18)11(6)13)5-8(17)9-2-3-10(14)21-9/h2-4H,5H2,1H3. The lowest BCUT2D eigenvalue weighted by Gasteiger charge is -2.07. The van der Waals surface area contributed by atoms with Crippen molar-refractivity contribution in [3.05, 3.63) is 58.0 Å². The average Bonchev–Trinajstić information content (AvgIpc) is 2.85. The number of nitrogens with zero attached hydrogens (tertiary/aromatic N) is 2. The Morgan fingerprint density at radius 2 is 2.19 bits per heavy atom. The lowest BCUT2D eigenvalue weighted by molar-refractivity contribution is -0.386. The van der Waals surface area contributed by atoms with Crippen LogP contribution in [0.3, 0.4) is 0 Å². The van der Waals surface area contributed by atoms with E-state index in [1.807, 2.05) is 0 Å². The Labute approximate surface area is 136 Å². The van der Waals surface area contributed by atoms with E-state index in [2.05, 4.69) is 15.9 Å². The van der Waals surface area contributed by atoms with Gasteiger partial charge in [0.15, 0.2) is 5.78 Å². The van der Waals surface area contributed by atoms with E-state index >= 15 is 0 Å². The van der Waals surface area contributed by atoms with Crippen molar-refractivity contribution in [1.29, 1.82) is 0 Å². The molecule has 0 aliphatic carbocycles. The first-order valence-electron chi connectivity index (χ1n) is 5.63. The van der Waals surface area contributed by atoms with Crippen LogP contribution in [0.1, 0.15) is 15.2 Å². The van der Waals surface area contributed by atoms with Gasteiger partial charge in [-0.3, -0.25) is 24.3 Å². The van der Waals surface area contributed by atoms with Gasteiger partial charge in [-0.2, -0.15) is 0 Å². The van der Waals surface area contributed by atoms with E-state index in [0.29, 0.717) is 9.21 Å². The summed E-state index contributed by atoms with van der Waals surface area (Å²) < 4.78 is 1.56. The van der Waals surface area contributed by atoms with Gasteiger partial charge in [0.2, 0.25) is 0 Å². The first-order valence-corrected chi connectivity index (χ1v) is 7.62. The van der Waals surface area contributed by atoms with E-state index in [-0.39, 0.29) is 28.1 Å². The summed E-state index contributed by atoms with van der Waals surface area (Å²) in [7, 11) is 0. The molecular weight excluding hydrogens is 384 g/mol. The molecule has 0 fully saturated rings. The van der Waals surface area contributed by atoms with Crippen LogP contribution < -0.4 is 5.56 Å². The molecule has 0 unspecified atom stereocenters. The summed E-state index contributed by atoms with van der Waals surface area (Å²) in [5.74, 6) is -0.334. The Morgan fingerprint density at radius 1 is 1.52 bits per heavy atom. The minimum atomic E-state index is -0.595. The van der Waals surface area contributed by atoms with Gasteiger partial charge in [-0.15, -0.1) is 11.3 Å². The van der Waals surface area contributed by atoms with Crippen LogP contribution in [0, 0.1) is 17.0 Å². The van der Waals surface area contributed by atoms with Gasteiger partial charge in [-0.1, -0.05) is 11.6 Å². The van der Waals surface area contributed by atoms with Crippen LogP contribution in [0.4, 0.5) is 5.69 Å². The number of carbonyl (C=O) groups excluding carboxylic acids is 1. The summed E-state index contributed by atoms with van der Waals surface area (Å²) in [5, 5.41) is 11.0. The van der Waals surface area contributed by atoms with E-state index in [4.69, 9.17) is 11.6 Å². The van der Waals surface area contributed by atoms with Crippen molar-refractivity contribution in [1.82, 2.24) is 4.57 Å². The normalized spacial score (nSPS) is 10.6. The van der Waals surface area contributed by atoms with Crippen LogP contribution in [0.2, 0.25) is 4.34 Å². The predicted octanol–water partition coefficient (Wildman–Crippen LogP) is 3.43. The number of nitro groups is 1. The highest BCUT2D eigenvalue weighted by molar-refractivity contribution is 9.10. The molecule has 0 bridgehead atoms. The maximum Gasteiger partial charge on any atom is 0.289 e. The summed E-state index contributed by atoms with van der Waals surface area (Å²) >= 11 is 9.88. The summed E-state index contributed by atoms with van der Waals surface area (Å²) in [5.41, 5.74) is -0.486. The fourth-order valence-corrected chi connectivity index (χ4v) is 3.10. The molecule has 2 heterocycles. The zero-order valence-corrected chi connectivity index (χ0v) is 13.8. The predicted molar refractivity (Wildman–Crippen MR) is 83.5 cm³/mol. The zero-order chi connectivity index (χ0) is 15.7. The fourth-order valence-electron chi connectivity index (χ4n) is 1.70. The highest BCUT2D eigenvalue weighted by Gasteiger charge is 2.20. The number of pyridine rings is 1. The third kappa shape index (κ3) is 3.22. The minimum Gasteiger partial charge on any atom is -0.300 e. The molecule has 0 radical (unpaired) electrons. The van der Waals surface area contributed by atoms with Gasteiger partial charge in [0.1, 0.15) is 0 Å². The number of halogens is 2. The zero-order valence-electron chi connectivity index (χ0n) is 10.6. The van der Waals surface area contributed by atoms with Crippen molar-refractivity contribution in [3.8, 4) is 0 Å². The Morgan fingerprint density at radius 3 is 2.71 bits per heavy atom. The monoisotopic (exact) mass is 390 g/mol. The summed E-state index contributed by atoms with van der Waals surface area (Å²) in [6.07, 6.45) is 1.08. The number of ketones is 1. The molecular formula is C12H8BrClN2O4S. The van der Waals surface area contributed by atoms with Gasteiger partial charge in [0.05, 0.1) is 31.4 Å². The third-order valence-electron chi connectivity index (χ3n) is 2.80. The van der Waals surface area contributed by atoms with E-state index in [1.54, 1.807) is 12.1 Å². The van der Waals surface area contributed by atoms with Crippen LogP contribution in [0.25, 0.3) is 0 Å². The Bertz CT molecular complexity index is 799. The molecule has 2 aromatic heterocycles. The second-order valence-corrected chi connectivity index (χ2v) is 6.68. The topological polar surface area (TPSA) is 82.2 Å². The number of Topliss-reactive ketones (excluding diaryl/α,β-unsaturated/α-hetero) is 1. The SMILES string of the molecule is Cc1c([N+](=O)[O-])cn(CC(=O)c2ccc(Cl)s2)c(=O)c1Br. The molecule has 9 heteroatoms. The Kier molecular flexibility index (Phi) is 4.60. The van der Waals surface area contributed by atoms with Crippen molar-refractivity contribution in [2.75, 3.05) is 0 Å². The van der Waals surface area contributed by atoms with E-state index in [0.717, 1.165) is 22.1 Å². The molecule has 0 aliphatic heterocycles. The van der Waals surface area contributed by atoms with Crippen LogP contribution in [-0.2, 0) is 6.54 Å². The minimum absolute atomic E-state index is 0.0775. The van der Waals surface area contributed by atoms with Gasteiger partial charge in [-0.05, 0) is 35.0 Å². The van der Waals surface area contributed by atoms with Crippen molar-refractivity contribution in [2.45, 2.75) is 13.5 Å². The Balaban J connectivity index is 2.43. The largest absolute Gasteiger partial charge is 0.300 e. The number of hydrogen-bond acceptors (Lipinski definition) is 5. The molecule has 6 nitrogen and oxygen atoms in total. The number of rotatable bonds is 4. The summed E-state index contributed by atoms with van der Waals surface area (Å²) in [6, 6.07) is 3.13. The van der Waals surface area contributed by atoms with Gasteiger partial charge in [0.25, 0.3) is 11.2 Å². The first-order chi connectivity index (χ1) is 9.81. The highest BCUT2D eigenvalue weighted by Crippen LogP contribution is 2.24. The molecule has 0 aromatic carbocycles. The van der Waals surface area contributed by atoms with Gasteiger partial charge in [0, 0.05) is 5.56 Å². The molecule has 2 aromatic rings. The molecule has 2 rings (SSSR count). The smallest absolute Gasteiger partial charge is 0.289 e. The lowest BCUT2D eigenvalue weighted by atomic mass is 10.2. The average molecular weight is 392 g/mol. The van der Waals surface area contributed by atoms with Crippen LogP contribution in [-0.4, -0.2) is 15.3 Å². The van der Waals surface area contributed by atoms with E-state index in [1.165, 1.54) is 6.92 Å². The van der Waals surface area contributed by atoms with Crippen molar-refractivity contribution in [2.24, 2.45) is 0 Å². The van der Waals surface area contributed by atoms with Crippen LogP contribution >= 0.6 is 38.9 Å². The highest BCUT2D eigenvalue weighted by atomic mass is 79.9. The third-order valence-corrected chi connectivity index (χ3v) is 5.01. The second kappa shape index (κ2) is 6.08. The second-order valence-electron chi connectivity index (χ2n) is 4.17. The molecule has 0 N–H and O–H groups in total. The lowest BCUT2D eigenvalue weighted by Crippen LogP contribution is -2.25. The molecule has 0 aliphatic rings. The maximum atomic E-state index is 12.1. The molecule has 0 spiro atoms. The van der Waals surface area contributed by atoms with Crippen LogP contribution in [0.5, 0.6) is 0 Å². The van der Waals surface area contributed by atoms with Crippen molar-refractivity contribution < 1.29 is 9.72 Å². The van der Waals surface area contributed by atoms with Gasteiger partial charge in [-0.25, -0.2) is 0 Å². The number of hydrogen-bond donors (Lipinski definition) is 0. The number of thiophene rings is 1. The fraction of sp³-hybridized carbons (Fsp3) is 0.167. The molecule has 0 atom stereocenters. The molecule has 110 valence electrons. The van der Waals surface area contributed by atoms with Crippen molar-refractivity contribution >= 4 is 50.3 Å². The summed E-state index contributed by atoms with van der Waals surface area (Å²) in [6.45, 7) is 1.18. The summed E-state index contributed by atoms with van der Waals surface area (Å²) in [4.78, 5) is 34.9. The molecule has 0 saturated carbocycles. The number of carbonyl (C=O) groups is 1. The van der Waals surface area contributed by atoms with Gasteiger partial charge >= 0.3 is 0 Å². The first kappa shape index (κ1) is 15.9. The van der Waals surface area contributed by atoms with E-state index < -0.39 is 10.5 Å².